The first-order valence-electron chi connectivity index (χ1n) is 9.05. The molecule has 2 aromatic heterocycles. The maximum atomic E-state index is 13.1. The Hall–Kier alpha value is -3.22. The molecule has 1 aliphatic rings. The van der Waals surface area contributed by atoms with Crippen molar-refractivity contribution in [3.8, 4) is 11.4 Å². The molecule has 0 aliphatic carbocycles. The van der Waals surface area contributed by atoms with E-state index >= 15 is 0 Å². The molecule has 4 aromatic rings. The Bertz CT molecular complexity index is 1040. The van der Waals surface area contributed by atoms with Gasteiger partial charge in [-0.1, -0.05) is 17.3 Å². The average molecular weight is 363 g/mol. The van der Waals surface area contributed by atoms with Gasteiger partial charge < -0.3 is 14.4 Å². The smallest absolute Gasteiger partial charge is 0.231 e. The van der Waals surface area contributed by atoms with Crippen molar-refractivity contribution in [1.29, 1.82) is 0 Å². The third kappa shape index (κ3) is 3.05. The summed E-state index contributed by atoms with van der Waals surface area (Å²) in [6.07, 6.45) is 2.01. The molecule has 2 aromatic carbocycles. The van der Waals surface area contributed by atoms with E-state index in [0.29, 0.717) is 11.7 Å². The van der Waals surface area contributed by atoms with Crippen LogP contribution in [0.3, 0.4) is 0 Å². The largest absolute Gasteiger partial charge is 0.342 e. The number of fused-ring (bicyclic) bond motifs is 1. The molecule has 27 heavy (non-hydrogen) atoms. The fourth-order valence-corrected chi connectivity index (χ4v) is 3.58. The zero-order valence-corrected chi connectivity index (χ0v) is 14.6. The van der Waals surface area contributed by atoms with E-state index < -0.39 is 0 Å². The van der Waals surface area contributed by atoms with Crippen molar-refractivity contribution < 1.29 is 8.91 Å². The van der Waals surface area contributed by atoms with Gasteiger partial charge in [0.1, 0.15) is 5.82 Å². The van der Waals surface area contributed by atoms with Crippen molar-refractivity contribution in [2.45, 2.75) is 18.8 Å². The summed E-state index contributed by atoms with van der Waals surface area (Å²) in [6, 6.07) is 14.1. The molecule has 0 unspecified atom stereocenters. The van der Waals surface area contributed by atoms with Gasteiger partial charge in [-0.3, -0.25) is 0 Å². The van der Waals surface area contributed by atoms with Gasteiger partial charge in [0.2, 0.25) is 17.7 Å². The number of halogens is 1. The Kier molecular flexibility index (Phi) is 3.85. The molecule has 5 rings (SSSR count). The number of rotatable bonds is 3. The van der Waals surface area contributed by atoms with Crippen LogP contribution in [0.25, 0.3) is 22.4 Å². The summed E-state index contributed by atoms with van der Waals surface area (Å²) in [7, 11) is 0. The highest BCUT2D eigenvalue weighted by Gasteiger charge is 2.27. The van der Waals surface area contributed by atoms with Gasteiger partial charge in [-0.15, -0.1) is 0 Å². The standard InChI is InChI=1S/C20H18FN5O/c21-15-9-7-13(8-10-15)18-24-19(27-25-18)14-4-3-11-26(12-14)20-22-16-5-1-2-6-17(16)23-20/h1-2,5-10,14H,3-4,11-12H2,(H,22,23)/t14-/m0/s1. The Morgan fingerprint density at radius 3 is 2.78 bits per heavy atom. The number of para-hydroxylation sites is 2. The Balaban J connectivity index is 1.37. The van der Waals surface area contributed by atoms with Crippen LogP contribution in [-0.2, 0) is 0 Å². The van der Waals surface area contributed by atoms with Gasteiger partial charge in [-0.25, -0.2) is 9.37 Å². The summed E-state index contributed by atoms with van der Waals surface area (Å²) in [4.78, 5) is 14.9. The van der Waals surface area contributed by atoms with E-state index in [0.717, 1.165) is 48.5 Å². The molecule has 0 saturated carbocycles. The molecule has 0 spiro atoms. The Morgan fingerprint density at radius 2 is 1.93 bits per heavy atom. The van der Waals surface area contributed by atoms with Crippen LogP contribution in [0.1, 0.15) is 24.7 Å². The third-order valence-electron chi connectivity index (χ3n) is 4.99. The molecule has 6 nitrogen and oxygen atoms in total. The molecule has 0 radical (unpaired) electrons. The van der Waals surface area contributed by atoms with Crippen LogP contribution in [0.4, 0.5) is 10.3 Å². The summed E-state index contributed by atoms with van der Waals surface area (Å²) in [5, 5.41) is 4.07. The van der Waals surface area contributed by atoms with Gasteiger partial charge in [0.25, 0.3) is 0 Å². The zero-order chi connectivity index (χ0) is 18.2. The Labute approximate surface area is 155 Å². The maximum absolute atomic E-state index is 13.1. The summed E-state index contributed by atoms with van der Waals surface area (Å²) < 4.78 is 18.6. The Morgan fingerprint density at radius 1 is 1.07 bits per heavy atom. The lowest BCUT2D eigenvalue weighted by Gasteiger charge is -2.30. The van der Waals surface area contributed by atoms with Crippen LogP contribution in [0, 0.1) is 5.82 Å². The number of imidazole rings is 1. The first-order valence-corrected chi connectivity index (χ1v) is 9.05. The first-order chi connectivity index (χ1) is 13.3. The summed E-state index contributed by atoms with van der Waals surface area (Å²) >= 11 is 0. The SMILES string of the molecule is Fc1ccc(-c2noc([C@H]3CCCN(c4nc5ccccc5[nH]4)C3)n2)cc1. The summed E-state index contributed by atoms with van der Waals surface area (Å²) in [5.74, 6) is 1.85. The molecule has 1 N–H and O–H groups in total. The number of nitrogens with one attached hydrogen (secondary N) is 1. The number of nitrogens with zero attached hydrogens (tertiary/aromatic N) is 4. The van der Waals surface area contributed by atoms with Crippen molar-refractivity contribution in [2.75, 3.05) is 18.0 Å². The lowest BCUT2D eigenvalue weighted by Crippen LogP contribution is -2.35. The fraction of sp³-hybridized carbons (Fsp3) is 0.250. The van der Waals surface area contributed by atoms with Gasteiger partial charge >= 0.3 is 0 Å². The van der Waals surface area contributed by atoms with E-state index in [2.05, 4.69) is 20.0 Å². The number of hydrogen-bond donors (Lipinski definition) is 1. The second-order valence-electron chi connectivity index (χ2n) is 6.83. The molecule has 136 valence electrons. The molecule has 1 fully saturated rings. The number of H-pyrrole nitrogens is 1. The molecular formula is C20H18FN5O. The van der Waals surface area contributed by atoms with Crippen molar-refractivity contribution in [1.82, 2.24) is 20.1 Å². The molecule has 1 atom stereocenters. The minimum Gasteiger partial charge on any atom is -0.342 e. The minimum atomic E-state index is -0.281. The molecule has 1 saturated heterocycles. The molecule has 7 heteroatoms. The van der Waals surface area contributed by atoms with Gasteiger partial charge in [-0.05, 0) is 49.2 Å². The lowest BCUT2D eigenvalue weighted by molar-refractivity contribution is 0.333. The topological polar surface area (TPSA) is 70.8 Å². The molecule has 0 amide bonds. The average Bonchev–Trinajstić information content (AvgIpc) is 3.36. The third-order valence-corrected chi connectivity index (χ3v) is 4.99. The molecule has 3 heterocycles. The number of aromatic nitrogens is 4. The second kappa shape index (κ2) is 6.50. The predicted octanol–water partition coefficient (Wildman–Crippen LogP) is 4.14. The molecule has 1 aliphatic heterocycles. The highest BCUT2D eigenvalue weighted by molar-refractivity contribution is 5.77. The van der Waals surface area contributed by atoms with Gasteiger partial charge in [-0.2, -0.15) is 4.98 Å². The van der Waals surface area contributed by atoms with Crippen LogP contribution in [-0.4, -0.2) is 33.2 Å². The van der Waals surface area contributed by atoms with E-state index in [1.54, 1.807) is 12.1 Å². The maximum Gasteiger partial charge on any atom is 0.231 e. The van der Waals surface area contributed by atoms with Crippen molar-refractivity contribution in [2.24, 2.45) is 0 Å². The normalized spacial score (nSPS) is 17.5. The monoisotopic (exact) mass is 363 g/mol. The first kappa shape index (κ1) is 16.0. The van der Waals surface area contributed by atoms with Gasteiger partial charge in [0.05, 0.1) is 17.0 Å². The van der Waals surface area contributed by atoms with E-state index in [9.17, 15) is 4.39 Å². The van der Waals surface area contributed by atoms with Crippen LogP contribution >= 0.6 is 0 Å². The van der Waals surface area contributed by atoms with Crippen LogP contribution in [0.15, 0.2) is 53.1 Å². The second-order valence-corrected chi connectivity index (χ2v) is 6.83. The number of anilines is 1. The quantitative estimate of drug-likeness (QED) is 0.592. The van der Waals surface area contributed by atoms with E-state index in [-0.39, 0.29) is 11.7 Å². The highest BCUT2D eigenvalue weighted by atomic mass is 19.1. The van der Waals surface area contributed by atoms with Gasteiger partial charge in [0.15, 0.2) is 0 Å². The molecular weight excluding hydrogens is 345 g/mol. The zero-order valence-electron chi connectivity index (χ0n) is 14.6. The lowest BCUT2D eigenvalue weighted by atomic mass is 9.98. The van der Waals surface area contributed by atoms with Crippen LogP contribution < -0.4 is 4.90 Å². The molecule has 0 bridgehead atoms. The summed E-state index contributed by atoms with van der Waals surface area (Å²) in [6.45, 7) is 1.71. The van der Waals surface area contributed by atoms with E-state index in [1.165, 1.54) is 12.1 Å². The van der Waals surface area contributed by atoms with Crippen LogP contribution in [0.5, 0.6) is 0 Å². The van der Waals surface area contributed by atoms with E-state index in [4.69, 9.17) is 9.51 Å². The van der Waals surface area contributed by atoms with Gasteiger partial charge in [0, 0.05) is 18.7 Å². The van der Waals surface area contributed by atoms with Crippen molar-refractivity contribution in [3.63, 3.8) is 0 Å². The fourth-order valence-electron chi connectivity index (χ4n) is 3.58. The van der Waals surface area contributed by atoms with Crippen molar-refractivity contribution in [3.05, 3.63) is 60.2 Å². The number of hydrogen-bond acceptors (Lipinski definition) is 5. The number of benzene rings is 2. The number of aromatic amines is 1. The predicted molar refractivity (Wildman–Crippen MR) is 100.0 cm³/mol. The van der Waals surface area contributed by atoms with E-state index in [1.807, 2.05) is 24.3 Å². The van der Waals surface area contributed by atoms with Crippen LogP contribution in [0.2, 0.25) is 0 Å². The minimum absolute atomic E-state index is 0.147. The van der Waals surface area contributed by atoms with Crippen molar-refractivity contribution >= 4 is 17.0 Å². The highest BCUT2D eigenvalue weighted by Crippen LogP contribution is 2.30. The summed E-state index contributed by atoms with van der Waals surface area (Å²) in [5.41, 5.74) is 2.74. The number of piperidine rings is 1.